The number of fused-ring (bicyclic) bond motifs is 1. The SMILES string of the molecule is O=C(OCc1ccccc1)c1nc(N2CCc3cccnc3C2O)c(-c2ccc(C(F)(F)F)nc2)o1. The highest BCUT2D eigenvalue weighted by molar-refractivity contribution is 5.87. The fourth-order valence-corrected chi connectivity index (χ4v) is 3.89. The topological polar surface area (TPSA) is 102 Å². The zero-order chi connectivity index (χ0) is 25.3. The van der Waals surface area contributed by atoms with Gasteiger partial charge in [0.2, 0.25) is 0 Å². The molecule has 0 amide bonds. The number of aliphatic hydroxyl groups excluding tert-OH is 1. The molecule has 1 N–H and O–H groups in total. The van der Waals surface area contributed by atoms with Crippen LogP contribution in [-0.4, -0.2) is 32.6 Å². The van der Waals surface area contributed by atoms with Crippen molar-refractivity contribution in [3.63, 3.8) is 0 Å². The first kappa shape index (κ1) is 23.5. The minimum Gasteiger partial charge on any atom is -0.454 e. The lowest BCUT2D eigenvalue weighted by Crippen LogP contribution is -2.36. The summed E-state index contributed by atoms with van der Waals surface area (Å²) in [4.78, 5) is 26.2. The van der Waals surface area contributed by atoms with Gasteiger partial charge in [0.1, 0.15) is 12.3 Å². The summed E-state index contributed by atoms with van der Waals surface area (Å²) >= 11 is 0. The van der Waals surface area contributed by atoms with Crippen molar-refractivity contribution in [2.24, 2.45) is 0 Å². The average molecular weight is 496 g/mol. The van der Waals surface area contributed by atoms with E-state index in [1.54, 1.807) is 36.5 Å². The number of carbonyl (C=O) groups excluding carboxylic acids is 1. The van der Waals surface area contributed by atoms with Crippen LogP contribution in [0.5, 0.6) is 0 Å². The standard InChI is InChI=1S/C25H19F3N4O4/c26-25(27,28)18-9-8-17(13-30-18)20-21(32-12-10-16-7-4-11-29-19(16)23(32)33)31-22(36-20)24(34)35-14-15-5-2-1-3-6-15/h1-9,11,13,23,33H,10,12,14H2. The predicted octanol–water partition coefficient (Wildman–Crippen LogP) is 4.56. The number of benzene rings is 1. The number of hydrogen-bond acceptors (Lipinski definition) is 8. The number of carbonyl (C=O) groups is 1. The molecule has 1 aliphatic rings. The summed E-state index contributed by atoms with van der Waals surface area (Å²) in [6, 6.07) is 14.6. The molecule has 0 bridgehead atoms. The number of ether oxygens (including phenoxy) is 1. The summed E-state index contributed by atoms with van der Waals surface area (Å²) in [5.41, 5.74) is 1.08. The molecule has 1 aliphatic heterocycles. The normalized spacial score (nSPS) is 15.4. The molecule has 1 unspecified atom stereocenters. The van der Waals surface area contributed by atoms with Crippen LogP contribution in [0, 0.1) is 0 Å². The predicted molar refractivity (Wildman–Crippen MR) is 121 cm³/mol. The van der Waals surface area contributed by atoms with Crippen LogP contribution in [0.2, 0.25) is 0 Å². The van der Waals surface area contributed by atoms with E-state index >= 15 is 0 Å². The third-order valence-electron chi connectivity index (χ3n) is 5.67. The number of oxazole rings is 1. The number of anilines is 1. The number of halogens is 3. The Morgan fingerprint density at radius 3 is 2.64 bits per heavy atom. The number of nitrogens with zero attached hydrogens (tertiary/aromatic N) is 4. The van der Waals surface area contributed by atoms with Crippen LogP contribution >= 0.6 is 0 Å². The van der Waals surface area contributed by atoms with Gasteiger partial charge in [0, 0.05) is 24.5 Å². The van der Waals surface area contributed by atoms with Gasteiger partial charge in [-0.3, -0.25) is 9.97 Å². The minimum absolute atomic E-state index is 0.0266. The molecule has 4 heterocycles. The molecule has 0 spiro atoms. The molecule has 0 fully saturated rings. The molecule has 5 rings (SSSR count). The van der Waals surface area contributed by atoms with Crippen molar-refractivity contribution < 1.29 is 32.2 Å². The van der Waals surface area contributed by atoms with Gasteiger partial charge in [-0.2, -0.15) is 18.2 Å². The fourth-order valence-electron chi connectivity index (χ4n) is 3.89. The highest BCUT2D eigenvalue weighted by atomic mass is 19.4. The molecule has 11 heteroatoms. The second kappa shape index (κ2) is 9.42. The maximum absolute atomic E-state index is 13.0. The Morgan fingerprint density at radius 2 is 1.92 bits per heavy atom. The Labute approximate surface area is 203 Å². The maximum Gasteiger partial charge on any atom is 0.433 e. The van der Waals surface area contributed by atoms with Crippen molar-refractivity contribution in [2.75, 3.05) is 11.4 Å². The molecule has 184 valence electrons. The van der Waals surface area contributed by atoms with E-state index < -0.39 is 30.0 Å². The lowest BCUT2D eigenvalue weighted by Gasteiger charge is -2.33. The average Bonchev–Trinajstić information content (AvgIpc) is 3.33. The van der Waals surface area contributed by atoms with E-state index in [-0.39, 0.29) is 23.7 Å². The second-order valence-electron chi connectivity index (χ2n) is 8.03. The molecule has 1 aromatic carbocycles. The van der Waals surface area contributed by atoms with Gasteiger partial charge < -0.3 is 19.2 Å². The van der Waals surface area contributed by atoms with Crippen molar-refractivity contribution in [2.45, 2.75) is 25.4 Å². The van der Waals surface area contributed by atoms with Gasteiger partial charge in [-0.25, -0.2) is 4.79 Å². The van der Waals surface area contributed by atoms with Crippen molar-refractivity contribution >= 4 is 11.8 Å². The van der Waals surface area contributed by atoms with Gasteiger partial charge >= 0.3 is 18.0 Å². The number of aromatic nitrogens is 3. The van der Waals surface area contributed by atoms with E-state index in [0.717, 1.165) is 23.4 Å². The van der Waals surface area contributed by atoms with Crippen LogP contribution in [0.25, 0.3) is 11.3 Å². The summed E-state index contributed by atoms with van der Waals surface area (Å²) in [6.07, 6.45) is -2.79. The van der Waals surface area contributed by atoms with E-state index in [1.807, 2.05) is 12.1 Å². The molecule has 8 nitrogen and oxygen atoms in total. The molecule has 3 aromatic heterocycles. The Kier molecular flexibility index (Phi) is 6.15. The van der Waals surface area contributed by atoms with E-state index in [1.165, 1.54) is 11.0 Å². The smallest absolute Gasteiger partial charge is 0.433 e. The number of esters is 1. The molecule has 0 saturated heterocycles. The quantitative estimate of drug-likeness (QED) is 0.402. The van der Waals surface area contributed by atoms with Crippen molar-refractivity contribution in [1.29, 1.82) is 0 Å². The van der Waals surface area contributed by atoms with Crippen LogP contribution < -0.4 is 4.90 Å². The summed E-state index contributed by atoms with van der Waals surface area (Å²) in [6.45, 7) is 0.268. The van der Waals surface area contributed by atoms with Crippen LogP contribution in [0.4, 0.5) is 19.0 Å². The van der Waals surface area contributed by atoms with Crippen LogP contribution in [0.3, 0.4) is 0 Å². The molecule has 0 aliphatic carbocycles. The van der Waals surface area contributed by atoms with E-state index in [9.17, 15) is 23.1 Å². The molecule has 1 atom stereocenters. The monoisotopic (exact) mass is 496 g/mol. The zero-order valence-electron chi connectivity index (χ0n) is 18.6. The highest BCUT2D eigenvalue weighted by Crippen LogP contribution is 2.38. The molecular weight excluding hydrogens is 477 g/mol. The molecule has 0 saturated carbocycles. The Bertz CT molecular complexity index is 1370. The summed E-state index contributed by atoms with van der Waals surface area (Å²) < 4.78 is 50.0. The van der Waals surface area contributed by atoms with E-state index in [4.69, 9.17) is 9.15 Å². The van der Waals surface area contributed by atoms with Crippen LogP contribution in [0.15, 0.2) is 71.4 Å². The summed E-state index contributed by atoms with van der Waals surface area (Å²) in [5.74, 6) is -1.24. The lowest BCUT2D eigenvalue weighted by atomic mass is 10.0. The van der Waals surface area contributed by atoms with Gasteiger partial charge in [-0.05, 0) is 35.7 Å². The van der Waals surface area contributed by atoms with Gasteiger partial charge in [-0.1, -0.05) is 36.4 Å². The largest absolute Gasteiger partial charge is 0.454 e. The summed E-state index contributed by atoms with van der Waals surface area (Å²) in [7, 11) is 0. The molecule has 0 radical (unpaired) electrons. The number of hydrogen-bond donors (Lipinski definition) is 1. The Hall–Kier alpha value is -4.25. The fraction of sp³-hybridized carbons (Fsp3) is 0.200. The van der Waals surface area contributed by atoms with Gasteiger partial charge in [0.05, 0.1) is 5.69 Å². The number of alkyl halides is 3. The number of rotatable bonds is 5. The Morgan fingerprint density at radius 1 is 1.11 bits per heavy atom. The first-order chi connectivity index (χ1) is 17.3. The number of aliphatic hydroxyl groups is 1. The van der Waals surface area contributed by atoms with Crippen molar-refractivity contribution in [3.8, 4) is 11.3 Å². The van der Waals surface area contributed by atoms with E-state index in [0.29, 0.717) is 18.7 Å². The first-order valence-electron chi connectivity index (χ1n) is 11.0. The van der Waals surface area contributed by atoms with Gasteiger partial charge in [0.25, 0.3) is 0 Å². The van der Waals surface area contributed by atoms with Crippen molar-refractivity contribution in [3.05, 3.63) is 95.4 Å². The summed E-state index contributed by atoms with van der Waals surface area (Å²) in [5, 5.41) is 11.0. The van der Waals surface area contributed by atoms with Crippen LogP contribution in [0.1, 0.15) is 39.4 Å². The minimum atomic E-state index is -4.62. The molecule has 4 aromatic rings. The lowest BCUT2D eigenvalue weighted by molar-refractivity contribution is -0.141. The molecule has 36 heavy (non-hydrogen) atoms. The Balaban J connectivity index is 1.50. The highest BCUT2D eigenvalue weighted by Gasteiger charge is 2.35. The zero-order valence-corrected chi connectivity index (χ0v) is 18.6. The third-order valence-corrected chi connectivity index (χ3v) is 5.67. The van der Waals surface area contributed by atoms with Crippen molar-refractivity contribution in [1.82, 2.24) is 15.0 Å². The first-order valence-corrected chi connectivity index (χ1v) is 11.0. The number of pyridine rings is 2. The van der Waals surface area contributed by atoms with Gasteiger partial charge in [0.15, 0.2) is 17.8 Å². The van der Waals surface area contributed by atoms with Gasteiger partial charge in [-0.15, -0.1) is 0 Å². The van der Waals surface area contributed by atoms with E-state index in [2.05, 4.69) is 15.0 Å². The van der Waals surface area contributed by atoms with Crippen LogP contribution in [-0.2, 0) is 23.9 Å². The maximum atomic E-state index is 13.0. The second-order valence-corrected chi connectivity index (χ2v) is 8.03. The third kappa shape index (κ3) is 4.65. The molecular formula is C25H19F3N4O4.